The molecule has 34 heavy (non-hydrogen) atoms. The molecule has 0 saturated heterocycles. The minimum Gasteiger partial charge on any atom is -0.402 e. The van der Waals surface area contributed by atoms with Crippen LogP contribution >= 0.6 is 10.3 Å². The van der Waals surface area contributed by atoms with Gasteiger partial charge in [0.1, 0.15) is 0 Å². The first-order valence-electron chi connectivity index (χ1n) is 12.7. The van der Waals surface area contributed by atoms with Crippen LogP contribution < -0.4 is 0 Å². The molecule has 4 aliphatic carbocycles. The maximum atomic E-state index is 14.4. The molecule has 0 aromatic heterocycles. The second-order valence-corrected chi connectivity index (χ2v) is 13.8. The summed E-state index contributed by atoms with van der Waals surface area (Å²) in [7, 11) is -2.21. The van der Waals surface area contributed by atoms with Crippen LogP contribution in [0.5, 0.6) is 0 Å². The molecular weight excluding hydrogens is 436 g/mol. The Morgan fingerprint density at radius 1 is 0.676 bits per heavy atom. The Morgan fingerprint density at radius 2 is 1.09 bits per heavy atom. The van der Waals surface area contributed by atoms with Crippen molar-refractivity contribution in [2.24, 2.45) is 23.2 Å². The predicted molar refractivity (Wildman–Crippen MR) is 138 cm³/mol. The lowest BCUT2D eigenvalue weighted by molar-refractivity contribution is -0.160. The fourth-order valence-electron chi connectivity index (χ4n) is 7.19. The van der Waals surface area contributed by atoms with E-state index in [4.69, 9.17) is 4.18 Å². The van der Waals surface area contributed by atoms with Gasteiger partial charge in [-0.1, -0.05) is 53.6 Å². The van der Waals surface area contributed by atoms with Gasteiger partial charge in [-0.3, -0.25) is 4.79 Å². The number of hydrogen-bond donors (Lipinski definition) is 0. The highest BCUT2D eigenvalue weighted by Crippen LogP contribution is 2.71. The Kier molecular flexibility index (Phi) is 5.37. The normalized spacial score (nSPS) is 28.0. The van der Waals surface area contributed by atoms with Gasteiger partial charge in [-0.15, -0.1) is 0 Å². The molecule has 0 unspecified atom stereocenters. The lowest BCUT2D eigenvalue weighted by atomic mass is 9.49. The van der Waals surface area contributed by atoms with E-state index in [0.29, 0.717) is 17.8 Å². The van der Waals surface area contributed by atoms with E-state index in [1.807, 2.05) is 6.07 Å². The summed E-state index contributed by atoms with van der Waals surface area (Å²) in [5.41, 5.74) is 2.12. The maximum Gasteiger partial charge on any atom is 0.323 e. The summed E-state index contributed by atoms with van der Waals surface area (Å²) in [6.45, 7) is 4.22. The van der Waals surface area contributed by atoms with Gasteiger partial charge in [0, 0.05) is 14.7 Å². The van der Waals surface area contributed by atoms with Crippen molar-refractivity contribution in [3.63, 3.8) is 0 Å². The van der Waals surface area contributed by atoms with Gasteiger partial charge in [0.25, 0.3) is 0 Å². The molecule has 3 aromatic carbocycles. The molecule has 0 spiro atoms. The van der Waals surface area contributed by atoms with Crippen LogP contribution in [0.15, 0.2) is 93.5 Å². The molecular formula is C31H34O2S. The van der Waals surface area contributed by atoms with Crippen molar-refractivity contribution < 1.29 is 8.98 Å². The van der Waals surface area contributed by atoms with E-state index in [1.54, 1.807) is 0 Å². The van der Waals surface area contributed by atoms with Crippen molar-refractivity contribution in [2.75, 3.05) is 0 Å². The van der Waals surface area contributed by atoms with Crippen LogP contribution in [0.2, 0.25) is 0 Å². The third kappa shape index (κ3) is 3.60. The molecule has 4 bridgehead atoms. The van der Waals surface area contributed by atoms with E-state index in [0.717, 1.165) is 33.9 Å². The zero-order valence-electron chi connectivity index (χ0n) is 20.2. The first kappa shape index (κ1) is 22.0. The van der Waals surface area contributed by atoms with Crippen molar-refractivity contribution in [1.82, 2.24) is 0 Å². The van der Waals surface area contributed by atoms with E-state index < -0.39 is 10.3 Å². The average Bonchev–Trinajstić information content (AvgIpc) is 2.83. The smallest absolute Gasteiger partial charge is 0.323 e. The van der Waals surface area contributed by atoms with E-state index >= 15 is 0 Å². The monoisotopic (exact) mass is 470 g/mol. The molecule has 4 fully saturated rings. The van der Waals surface area contributed by atoms with Crippen LogP contribution in [0.3, 0.4) is 0 Å². The van der Waals surface area contributed by atoms with Gasteiger partial charge in [0.15, 0.2) is 0 Å². The van der Waals surface area contributed by atoms with Crippen molar-refractivity contribution >= 4 is 16.3 Å². The molecule has 3 aromatic rings. The number of hydrogen-bond acceptors (Lipinski definition) is 2. The summed E-state index contributed by atoms with van der Waals surface area (Å²) >= 11 is 0. The third-order valence-corrected chi connectivity index (χ3v) is 11.7. The molecule has 0 aliphatic heterocycles. The second kappa shape index (κ2) is 8.30. The van der Waals surface area contributed by atoms with E-state index in [-0.39, 0.29) is 11.4 Å². The highest BCUT2D eigenvalue weighted by atomic mass is 32.3. The molecule has 7 rings (SSSR count). The minimum absolute atomic E-state index is 0.0478. The lowest BCUT2D eigenvalue weighted by Crippen LogP contribution is -2.50. The summed E-state index contributed by atoms with van der Waals surface area (Å²) in [5, 5.41) is 0. The average molecular weight is 471 g/mol. The summed E-state index contributed by atoms with van der Waals surface area (Å²) in [6.07, 6.45) is 7.01. The van der Waals surface area contributed by atoms with E-state index in [9.17, 15) is 4.79 Å². The number of aryl methyl sites for hydroxylation is 2. The summed E-state index contributed by atoms with van der Waals surface area (Å²) in [5.74, 6) is 2.17. The highest BCUT2D eigenvalue weighted by Gasteiger charge is 2.56. The van der Waals surface area contributed by atoms with Crippen molar-refractivity contribution in [3.05, 3.63) is 90.0 Å². The van der Waals surface area contributed by atoms with Crippen molar-refractivity contribution in [3.8, 4) is 0 Å². The SMILES string of the molecule is Cc1ccc(S(OC(=O)C23CC4CC(CC(C4)C2)C3)(c2ccccc2)c2ccc(C)cc2)cc1. The number of carbonyl (C=O) groups excluding carboxylic acids is 1. The quantitative estimate of drug-likeness (QED) is 0.375. The van der Waals surface area contributed by atoms with Crippen LogP contribution in [0, 0.1) is 37.0 Å². The highest BCUT2D eigenvalue weighted by molar-refractivity contribution is 8.30. The molecule has 0 amide bonds. The van der Waals surface area contributed by atoms with Gasteiger partial charge in [0.05, 0.1) is 5.41 Å². The molecule has 4 aliphatic rings. The zero-order chi connectivity index (χ0) is 23.3. The van der Waals surface area contributed by atoms with E-state index in [2.05, 4.69) is 86.6 Å². The summed E-state index contributed by atoms with van der Waals surface area (Å²) in [4.78, 5) is 17.6. The Labute approximate surface area is 205 Å². The Bertz CT molecular complexity index is 1100. The Hall–Kier alpha value is -2.52. The molecule has 2 nitrogen and oxygen atoms in total. The fourth-order valence-corrected chi connectivity index (χ4v) is 10.3. The van der Waals surface area contributed by atoms with Crippen molar-refractivity contribution in [1.29, 1.82) is 0 Å². The van der Waals surface area contributed by atoms with Gasteiger partial charge < -0.3 is 4.18 Å². The maximum absolute atomic E-state index is 14.4. The van der Waals surface area contributed by atoms with Crippen molar-refractivity contribution in [2.45, 2.75) is 67.1 Å². The van der Waals surface area contributed by atoms with Gasteiger partial charge >= 0.3 is 5.97 Å². The van der Waals surface area contributed by atoms with Crippen LogP contribution in [-0.4, -0.2) is 5.97 Å². The van der Waals surface area contributed by atoms with Gasteiger partial charge in [-0.05, 0) is 117 Å². The molecule has 0 radical (unpaired) electrons. The molecule has 0 N–H and O–H groups in total. The first-order chi connectivity index (χ1) is 16.5. The number of carbonyl (C=O) groups is 1. The first-order valence-corrected chi connectivity index (χ1v) is 14.3. The third-order valence-electron chi connectivity index (χ3n) is 8.45. The topological polar surface area (TPSA) is 26.3 Å². The summed E-state index contributed by atoms with van der Waals surface area (Å²) < 4.78 is 7.01. The molecule has 0 atom stereocenters. The van der Waals surface area contributed by atoms with Gasteiger partial charge in [-0.2, -0.15) is 0 Å². The number of rotatable bonds is 5. The standard InChI is InChI=1S/C31H34O2S/c1-22-8-12-28(13-9-22)34(27-6-4-3-5-7-27,29-14-10-23(2)11-15-29)33-30(32)31-19-24-16-25(20-31)18-26(17-24)21-31/h3-15,24-26H,16-21H2,1-2H3. The van der Waals surface area contributed by atoms with E-state index in [1.165, 1.54) is 30.4 Å². The van der Waals surface area contributed by atoms with Gasteiger partial charge in [-0.25, -0.2) is 0 Å². The van der Waals surface area contributed by atoms with Crippen LogP contribution in [-0.2, 0) is 8.98 Å². The predicted octanol–water partition coefficient (Wildman–Crippen LogP) is 8.26. The Morgan fingerprint density at radius 3 is 1.53 bits per heavy atom. The van der Waals surface area contributed by atoms with Crippen LogP contribution in [0.1, 0.15) is 49.7 Å². The second-order valence-electron chi connectivity index (χ2n) is 11.1. The van der Waals surface area contributed by atoms with Gasteiger partial charge in [0.2, 0.25) is 0 Å². The summed E-state index contributed by atoms with van der Waals surface area (Å²) in [6, 6.07) is 27.7. The largest absolute Gasteiger partial charge is 0.402 e. The minimum atomic E-state index is -2.21. The fraction of sp³-hybridized carbons (Fsp3) is 0.387. The lowest BCUT2D eigenvalue weighted by Gasteiger charge is -2.56. The molecule has 4 saturated carbocycles. The van der Waals surface area contributed by atoms with Crippen LogP contribution in [0.4, 0.5) is 0 Å². The van der Waals surface area contributed by atoms with Crippen LogP contribution in [0.25, 0.3) is 0 Å². The molecule has 176 valence electrons. The molecule has 3 heteroatoms. The number of benzene rings is 3. The zero-order valence-corrected chi connectivity index (χ0v) is 21.0. The molecule has 0 heterocycles. The Balaban J connectivity index is 1.51.